The largest absolute Gasteiger partial charge is 0.486 e. The van der Waals surface area contributed by atoms with E-state index in [1.165, 1.54) is 18.2 Å². The Hall–Kier alpha value is -2.04. The molecule has 0 unspecified atom stereocenters. The Bertz CT molecular complexity index is 1340. The summed E-state index contributed by atoms with van der Waals surface area (Å²) in [6.45, 7) is 10.2. The van der Waals surface area contributed by atoms with E-state index in [4.69, 9.17) is 14.2 Å². The van der Waals surface area contributed by atoms with Gasteiger partial charge in [0.15, 0.2) is 11.5 Å². The zero-order valence-corrected chi connectivity index (χ0v) is 27.5. The first-order valence-corrected chi connectivity index (χ1v) is 18.3. The molecule has 4 fully saturated rings. The Kier molecular flexibility index (Phi) is 8.67. The monoisotopic (exact) mass is 633 g/mol. The lowest BCUT2D eigenvalue weighted by Crippen LogP contribution is -2.62. The first kappa shape index (κ1) is 31.9. The van der Waals surface area contributed by atoms with Crippen LogP contribution in [0.2, 0.25) is 0 Å². The number of sulfonamides is 1. The van der Waals surface area contributed by atoms with E-state index in [2.05, 4.69) is 27.7 Å². The van der Waals surface area contributed by atoms with Crippen LogP contribution in [0, 0.1) is 52.3 Å². The number of carbonyl (C=O) groups excluding carboxylic acids is 1. The summed E-state index contributed by atoms with van der Waals surface area (Å²) >= 11 is 0. The van der Waals surface area contributed by atoms with Gasteiger partial charge in [0.2, 0.25) is 0 Å². The Morgan fingerprint density at radius 2 is 1.73 bits per heavy atom. The Morgan fingerprint density at radius 1 is 1.02 bits per heavy atom. The van der Waals surface area contributed by atoms with Crippen molar-refractivity contribution in [3.63, 3.8) is 0 Å². The molecule has 44 heavy (non-hydrogen) atoms. The molecule has 0 radical (unpaired) electrons. The van der Waals surface area contributed by atoms with E-state index in [1.807, 2.05) is 4.72 Å². The summed E-state index contributed by atoms with van der Waals surface area (Å²) in [5.41, 5.74) is 0.289. The van der Waals surface area contributed by atoms with Gasteiger partial charge in [-0.3, -0.25) is 0 Å². The minimum Gasteiger partial charge on any atom is -0.486 e. The van der Waals surface area contributed by atoms with Gasteiger partial charge in [-0.1, -0.05) is 34.1 Å². The molecule has 1 heterocycles. The predicted molar refractivity (Wildman–Crippen MR) is 165 cm³/mol. The lowest BCUT2D eigenvalue weighted by molar-refractivity contribution is -0.203. The third-order valence-corrected chi connectivity index (χ3v) is 14.3. The van der Waals surface area contributed by atoms with Gasteiger partial charge in [0, 0.05) is 6.07 Å². The second kappa shape index (κ2) is 12.0. The molecule has 1 aliphatic heterocycles. The summed E-state index contributed by atoms with van der Waals surface area (Å²) in [5, 5.41) is 22.5. The SMILES string of the molecule is CC[C@H]1[C@@H](O)[C@@H]2[C@H](CC[C@]3(C)[C@@H]([C@H](C)CCOC(=O)NS(=O)(=O)c4ccc5c(c4)OCCO5)CC[C@@H]23)[C@@]2(C)CC[C@@H](O)C[C@@H]12. The molecule has 9 nitrogen and oxygen atoms in total. The lowest BCUT2D eigenvalue weighted by atomic mass is 9.41. The van der Waals surface area contributed by atoms with Crippen LogP contribution in [0.3, 0.4) is 0 Å². The quantitative estimate of drug-likeness (QED) is 0.358. The van der Waals surface area contributed by atoms with Gasteiger partial charge in [-0.15, -0.1) is 0 Å². The molecule has 246 valence electrons. The molecule has 3 N–H and O–H groups in total. The van der Waals surface area contributed by atoms with Gasteiger partial charge in [-0.05, 0) is 116 Å². The van der Waals surface area contributed by atoms with E-state index in [9.17, 15) is 23.4 Å². The summed E-state index contributed by atoms with van der Waals surface area (Å²) in [7, 11) is -4.12. The van der Waals surface area contributed by atoms with Gasteiger partial charge >= 0.3 is 6.09 Å². The van der Waals surface area contributed by atoms with Crippen LogP contribution in [0.1, 0.15) is 85.5 Å². The molecule has 1 aromatic rings. The number of carbonyl (C=O) groups is 1. The zero-order valence-electron chi connectivity index (χ0n) is 26.7. The van der Waals surface area contributed by atoms with Gasteiger partial charge in [0.25, 0.3) is 10.0 Å². The Morgan fingerprint density at radius 3 is 2.48 bits per heavy atom. The number of amides is 1. The van der Waals surface area contributed by atoms with Crippen molar-refractivity contribution in [1.82, 2.24) is 4.72 Å². The number of benzene rings is 1. The van der Waals surface area contributed by atoms with E-state index in [0.29, 0.717) is 66.6 Å². The Balaban J connectivity index is 1.07. The third kappa shape index (κ3) is 5.40. The van der Waals surface area contributed by atoms with Crippen LogP contribution in [0.25, 0.3) is 0 Å². The van der Waals surface area contributed by atoms with Crippen LogP contribution in [0.5, 0.6) is 11.5 Å². The van der Waals surface area contributed by atoms with Gasteiger partial charge in [-0.2, -0.15) is 0 Å². The van der Waals surface area contributed by atoms with Crippen molar-refractivity contribution in [2.75, 3.05) is 19.8 Å². The van der Waals surface area contributed by atoms with Crippen molar-refractivity contribution >= 4 is 16.1 Å². The standard InChI is InChI=1S/C34H51NO8S/c1-5-23-27-18-21(36)10-13-34(27,4)26-11-14-33(3)24(7-8-25(33)30(26)31(23)37)20(2)12-15-43-32(38)35-44(39,40)22-6-9-28-29(19-22)42-17-16-41-28/h6,9,19-21,23-27,30-31,36-37H,5,7-8,10-18H2,1-4H3,(H,35,38)/t20-,21-,23-,24-,25+,26+,27+,30+,31-,33-,34-/m1/s1. The van der Waals surface area contributed by atoms with E-state index < -0.39 is 16.1 Å². The van der Waals surface area contributed by atoms with Crippen LogP contribution in [-0.2, 0) is 14.8 Å². The third-order valence-electron chi connectivity index (χ3n) is 13.0. The van der Waals surface area contributed by atoms with Crippen molar-refractivity contribution in [3.05, 3.63) is 18.2 Å². The summed E-state index contributed by atoms with van der Waals surface area (Å²) in [6.07, 6.45) is 7.25. The summed E-state index contributed by atoms with van der Waals surface area (Å²) in [5.74, 6) is 3.41. The van der Waals surface area contributed by atoms with Gasteiger partial charge in [-0.25, -0.2) is 17.9 Å². The molecule has 0 aromatic heterocycles. The molecule has 5 aliphatic rings. The maximum Gasteiger partial charge on any atom is 0.421 e. The molecule has 4 saturated carbocycles. The van der Waals surface area contributed by atoms with Crippen molar-refractivity contribution in [2.24, 2.45) is 52.3 Å². The van der Waals surface area contributed by atoms with Crippen LogP contribution in [0.4, 0.5) is 4.79 Å². The molecule has 0 saturated heterocycles. The first-order chi connectivity index (χ1) is 20.9. The predicted octanol–water partition coefficient (Wildman–Crippen LogP) is 5.53. The maximum atomic E-state index is 12.8. The van der Waals surface area contributed by atoms with Crippen molar-refractivity contribution in [2.45, 2.75) is 103 Å². The normalized spacial score (nSPS) is 40.2. The van der Waals surface area contributed by atoms with Crippen LogP contribution < -0.4 is 14.2 Å². The summed E-state index contributed by atoms with van der Waals surface area (Å²) < 4.78 is 43.9. The average Bonchev–Trinajstić information content (AvgIpc) is 3.35. The second-order valence-corrected chi connectivity index (χ2v) is 16.6. The molecule has 10 heteroatoms. The van der Waals surface area contributed by atoms with Gasteiger partial charge < -0.3 is 24.4 Å². The minimum absolute atomic E-state index is 0.0904. The van der Waals surface area contributed by atoms with E-state index in [1.54, 1.807) is 0 Å². The Labute approximate surface area is 262 Å². The van der Waals surface area contributed by atoms with E-state index in [-0.39, 0.29) is 40.5 Å². The highest BCUT2D eigenvalue weighted by atomic mass is 32.2. The molecule has 0 bridgehead atoms. The second-order valence-electron chi connectivity index (χ2n) is 14.9. The molecule has 1 aromatic carbocycles. The number of hydrogen-bond donors (Lipinski definition) is 3. The molecular weight excluding hydrogens is 582 g/mol. The number of rotatable bonds is 7. The molecule has 0 spiro atoms. The van der Waals surface area contributed by atoms with Gasteiger partial charge in [0.05, 0.1) is 23.7 Å². The average molecular weight is 634 g/mol. The molecule has 1 amide bonds. The molecular formula is C34H51NO8S. The number of ether oxygens (including phenoxy) is 3. The molecule has 4 aliphatic carbocycles. The van der Waals surface area contributed by atoms with E-state index >= 15 is 0 Å². The lowest BCUT2D eigenvalue weighted by Gasteiger charge is -2.64. The van der Waals surface area contributed by atoms with Gasteiger partial charge in [0.1, 0.15) is 13.2 Å². The zero-order chi connectivity index (χ0) is 31.4. The van der Waals surface area contributed by atoms with Crippen molar-refractivity contribution < 1.29 is 37.6 Å². The fourth-order valence-electron chi connectivity index (χ4n) is 10.9. The minimum atomic E-state index is -4.12. The highest BCUT2D eigenvalue weighted by Crippen LogP contribution is 2.69. The fourth-order valence-corrected chi connectivity index (χ4v) is 11.8. The smallest absolute Gasteiger partial charge is 0.421 e. The maximum absolute atomic E-state index is 12.8. The summed E-state index contributed by atoms with van der Waals surface area (Å²) in [6, 6.07) is 4.25. The first-order valence-electron chi connectivity index (χ1n) is 16.8. The highest BCUT2D eigenvalue weighted by Gasteiger charge is 2.64. The number of nitrogens with one attached hydrogen (secondary N) is 1. The number of fused-ring (bicyclic) bond motifs is 6. The molecule has 11 atom stereocenters. The number of aliphatic hydroxyl groups is 2. The number of hydrogen-bond acceptors (Lipinski definition) is 8. The highest BCUT2D eigenvalue weighted by molar-refractivity contribution is 7.90. The van der Waals surface area contributed by atoms with Crippen molar-refractivity contribution in [3.8, 4) is 11.5 Å². The summed E-state index contributed by atoms with van der Waals surface area (Å²) in [4.78, 5) is 12.4. The van der Waals surface area contributed by atoms with Crippen molar-refractivity contribution in [1.29, 1.82) is 0 Å². The molecule has 6 rings (SSSR count). The topological polar surface area (TPSA) is 131 Å². The van der Waals surface area contributed by atoms with Crippen LogP contribution in [0.15, 0.2) is 23.1 Å². The fraction of sp³-hybridized carbons (Fsp3) is 0.794. The van der Waals surface area contributed by atoms with E-state index in [0.717, 1.165) is 51.4 Å². The van der Waals surface area contributed by atoms with Crippen LogP contribution >= 0.6 is 0 Å². The number of aliphatic hydroxyl groups excluding tert-OH is 2. The van der Waals surface area contributed by atoms with Crippen LogP contribution in [-0.4, -0.2) is 56.8 Å².